The maximum absolute atomic E-state index is 13.2. The van der Waals surface area contributed by atoms with Crippen LogP contribution in [0.1, 0.15) is 29.9 Å². The van der Waals surface area contributed by atoms with Crippen molar-refractivity contribution in [2.24, 2.45) is 5.92 Å². The van der Waals surface area contributed by atoms with Crippen molar-refractivity contribution >= 4 is 59.3 Å². The second-order valence-electron chi connectivity index (χ2n) is 6.38. The Morgan fingerprint density at radius 2 is 1.70 bits per heavy atom. The van der Waals surface area contributed by atoms with Gasteiger partial charge in [-0.05, 0) is 66.6 Å². The Hall–Kier alpha value is -1.56. The molecular weight excluding hydrogens is 499 g/mol. The summed E-state index contributed by atoms with van der Waals surface area (Å²) < 4.78 is 50.6. The number of benzene rings is 2. The molecule has 1 aromatic heterocycles. The minimum absolute atomic E-state index is 0.134. The van der Waals surface area contributed by atoms with Crippen LogP contribution in [0.3, 0.4) is 0 Å². The molecule has 1 nitrogen and oxygen atoms in total. The molecule has 1 heterocycles. The smallest absolute Gasteiger partial charge is 0.307 e. The number of carbonyl (C=O) groups is 1. The first-order valence-electron chi connectivity index (χ1n) is 8.72. The van der Waals surface area contributed by atoms with Gasteiger partial charge in [0, 0.05) is 14.0 Å². The average Bonchev–Trinajstić information content (AvgIpc) is 2.99. The summed E-state index contributed by atoms with van der Waals surface area (Å²) in [6.45, 7) is 8.52. The third-order valence-electron chi connectivity index (χ3n) is 3.72. The number of carbonyl (C=O) groups excluding carboxylic acids is 1. The number of thiophene rings is 1. The van der Waals surface area contributed by atoms with Gasteiger partial charge < -0.3 is 4.79 Å². The van der Waals surface area contributed by atoms with Crippen LogP contribution in [0.25, 0.3) is 10.1 Å². The summed E-state index contributed by atoms with van der Waals surface area (Å²) in [6, 6.07) is 10.1. The van der Waals surface area contributed by atoms with Gasteiger partial charge in [0.25, 0.3) is 0 Å². The molecule has 3 aromatic rings. The van der Waals surface area contributed by atoms with Gasteiger partial charge in [0.2, 0.25) is 0 Å². The van der Waals surface area contributed by atoms with Gasteiger partial charge in [0.15, 0.2) is 0 Å². The van der Waals surface area contributed by atoms with Crippen molar-refractivity contribution in [3.8, 4) is 0 Å². The first-order valence-corrected chi connectivity index (χ1v) is 11.0. The van der Waals surface area contributed by atoms with Crippen molar-refractivity contribution in [1.82, 2.24) is 0 Å². The summed E-state index contributed by atoms with van der Waals surface area (Å²) in [4.78, 5) is 9.32. The van der Waals surface area contributed by atoms with E-state index in [1.165, 1.54) is 27.3 Å². The molecule has 0 N–H and O–H groups in total. The fourth-order valence-corrected chi connectivity index (χ4v) is 4.04. The lowest BCUT2D eigenvalue weighted by Gasteiger charge is -2.05. The highest BCUT2D eigenvalue weighted by Crippen LogP contribution is 2.33. The second kappa shape index (κ2) is 13.7. The maximum atomic E-state index is 13.2. The van der Waals surface area contributed by atoms with Gasteiger partial charge in [0.05, 0.1) is 5.56 Å². The maximum Gasteiger partial charge on any atom is 0.416 e. The quantitative estimate of drug-likeness (QED) is 0.244. The lowest BCUT2D eigenvalue weighted by molar-refractivity contribution is -0.137. The molecule has 0 aliphatic carbocycles. The van der Waals surface area contributed by atoms with Crippen LogP contribution in [-0.2, 0) is 17.4 Å². The van der Waals surface area contributed by atoms with E-state index in [9.17, 15) is 17.6 Å². The highest BCUT2D eigenvalue weighted by Gasteiger charge is 2.30. The van der Waals surface area contributed by atoms with Gasteiger partial charge >= 0.3 is 6.18 Å². The van der Waals surface area contributed by atoms with Gasteiger partial charge in [-0.2, -0.15) is 13.2 Å². The van der Waals surface area contributed by atoms with Gasteiger partial charge in [-0.1, -0.05) is 42.1 Å². The molecule has 0 aliphatic heterocycles. The van der Waals surface area contributed by atoms with Crippen molar-refractivity contribution in [3.63, 3.8) is 0 Å². The van der Waals surface area contributed by atoms with Crippen LogP contribution in [0, 0.1) is 18.7 Å². The number of aryl methyl sites for hydroxylation is 1. The molecule has 0 radical (unpaired) electrons. The molecule has 0 unspecified atom stereocenters. The Kier molecular flexibility index (Phi) is 13.0. The Morgan fingerprint density at radius 1 is 1.10 bits per heavy atom. The first kappa shape index (κ1) is 28.4. The van der Waals surface area contributed by atoms with Crippen LogP contribution in [0.2, 0.25) is 0 Å². The molecule has 0 bridgehead atoms. The van der Waals surface area contributed by atoms with Crippen LogP contribution >= 0.6 is 36.1 Å². The number of alkyl halides is 3. The minimum atomic E-state index is -4.25. The highest BCUT2D eigenvalue weighted by atomic mass is 79.9. The molecule has 0 spiro atoms. The lowest BCUT2D eigenvalue weighted by atomic mass is 10.0. The summed E-state index contributed by atoms with van der Waals surface area (Å²) >= 11 is 4.72. The van der Waals surface area contributed by atoms with Crippen molar-refractivity contribution < 1.29 is 22.4 Å². The normalized spacial score (nSPS) is 10.3. The van der Waals surface area contributed by atoms with Crippen LogP contribution in [0.15, 0.2) is 46.9 Å². The SMILES string of the molecule is C=O.C=P.Cc1sc2ccc(F)cc2c1CC(C)C.FC(F)(F)c1cccc(Br)c1. The van der Waals surface area contributed by atoms with Gasteiger partial charge in [-0.3, -0.25) is 0 Å². The number of halogens is 5. The zero-order valence-electron chi connectivity index (χ0n) is 16.9. The summed E-state index contributed by atoms with van der Waals surface area (Å²) in [5.74, 6) is 0.482. The summed E-state index contributed by atoms with van der Waals surface area (Å²) in [5, 5.41) is 1.10. The molecule has 8 heteroatoms. The second-order valence-corrected chi connectivity index (χ2v) is 8.56. The highest BCUT2D eigenvalue weighted by molar-refractivity contribution is 9.10. The van der Waals surface area contributed by atoms with Gasteiger partial charge in [-0.15, -0.1) is 20.2 Å². The van der Waals surface area contributed by atoms with Crippen molar-refractivity contribution in [2.45, 2.75) is 33.4 Å². The fraction of sp³-hybridized carbons (Fsp3) is 0.273. The molecule has 0 atom stereocenters. The van der Waals surface area contributed by atoms with Crippen LogP contribution in [-0.4, -0.2) is 13.1 Å². The number of rotatable bonds is 2. The van der Waals surface area contributed by atoms with Crippen LogP contribution in [0.4, 0.5) is 17.6 Å². The Morgan fingerprint density at radius 3 is 2.17 bits per heavy atom. The molecule has 2 aromatic carbocycles. The predicted octanol–water partition coefficient (Wildman–Crippen LogP) is 8.39. The summed E-state index contributed by atoms with van der Waals surface area (Å²) in [6.07, 6.45) is -0.154. The first-order chi connectivity index (χ1) is 14.1. The molecule has 30 heavy (non-hydrogen) atoms. The molecule has 3 rings (SSSR count). The van der Waals surface area contributed by atoms with Gasteiger partial charge in [-0.25, -0.2) is 4.39 Å². The summed E-state index contributed by atoms with van der Waals surface area (Å²) in [5.41, 5.74) is 0.691. The van der Waals surface area contributed by atoms with Crippen molar-refractivity contribution in [2.75, 3.05) is 0 Å². The van der Waals surface area contributed by atoms with Gasteiger partial charge in [0.1, 0.15) is 12.6 Å². The molecule has 0 amide bonds. The lowest BCUT2D eigenvalue weighted by Crippen LogP contribution is -2.03. The minimum Gasteiger partial charge on any atom is -0.307 e. The molecule has 164 valence electrons. The van der Waals surface area contributed by atoms with Crippen LogP contribution < -0.4 is 0 Å². The number of fused-ring (bicyclic) bond motifs is 1. The summed E-state index contributed by atoms with van der Waals surface area (Å²) in [7, 11) is 2.72. The van der Waals surface area contributed by atoms with E-state index >= 15 is 0 Å². The number of hydrogen-bond donors (Lipinski definition) is 0. The zero-order valence-corrected chi connectivity index (χ0v) is 20.3. The largest absolute Gasteiger partial charge is 0.416 e. The third-order valence-corrected chi connectivity index (χ3v) is 5.34. The van der Waals surface area contributed by atoms with E-state index in [0.717, 1.165) is 23.9 Å². The fourth-order valence-electron chi connectivity index (χ4n) is 2.57. The molecule has 0 aliphatic rings. The van der Waals surface area contributed by atoms with Crippen molar-refractivity contribution in [3.05, 3.63) is 68.8 Å². The third kappa shape index (κ3) is 9.07. The Balaban J connectivity index is 0.000000498. The monoisotopic (exact) mass is 522 g/mol. The zero-order chi connectivity index (χ0) is 23.5. The average molecular weight is 523 g/mol. The van der Waals surface area contributed by atoms with E-state index < -0.39 is 11.7 Å². The van der Waals surface area contributed by atoms with Crippen molar-refractivity contribution in [1.29, 1.82) is 0 Å². The van der Waals surface area contributed by atoms with E-state index in [4.69, 9.17) is 4.79 Å². The topological polar surface area (TPSA) is 17.1 Å². The van der Waals surface area contributed by atoms with E-state index in [2.05, 4.69) is 51.9 Å². The standard InChI is InChI=1S/C13H15FS.C7H4BrF3.CH2O.CH3P/c1-8(2)6-11-9(3)15-13-5-4-10(14)7-12(11)13;8-6-3-1-2-5(4-6)7(9,10)11;2*1-2/h4-5,7-8H,6H2,1-3H3;1-4H;1H2;2H,1H2. The molecule has 0 saturated heterocycles. The van der Waals surface area contributed by atoms with E-state index in [0.29, 0.717) is 10.4 Å². The predicted molar refractivity (Wildman–Crippen MR) is 127 cm³/mol. The Bertz CT molecular complexity index is 923. The molecule has 0 saturated carbocycles. The van der Waals surface area contributed by atoms with Crippen LogP contribution in [0.5, 0.6) is 0 Å². The van der Waals surface area contributed by atoms with E-state index in [1.54, 1.807) is 23.5 Å². The Labute approximate surface area is 189 Å². The number of hydrogen-bond acceptors (Lipinski definition) is 2. The molecular formula is C22H24BrF4OPS. The molecule has 0 fully saturated rings. The van der Waals surface area contributed by atoms with E-state index in [1.807, 2.05) is 12.9 Å². The van der Waals surface area contributed by atoms with E-state index in [-0.39, 0.29) is 5.82 Å².